The quantitative estimate of drug-likeness (QED) is 0.0367. The van der Waals surface area contributed by atoms with Gasteiger partial charge in [0.25, 0.3) is 0 Å². The molecule has 1 saturated heterocycles. The monoisotopic (exact) mass is 923 g/mol. The molecular formula is C51H102O13. The maximum absolute atomic E-state index is 10.1. The molecule has 13 nitrogen and oxygen atoms in total. The van der Waals surface area contributed by atoms with Crippen LogP contribution in [0.2, 0.25) is 0 Å². The Balaban J connectivity index is 2.41. The highest BCUT2D eigenvalue weighted by atomic mass is 16.7. The first-order valence-electron chi connectivity index (χ1n) is 26.4. The Morgan fingerprint density at radius 1 is 0.359 bits per heavy atom. The smallest absolute Gasteiger partial charge is 0.186 e. The van der Waals surface area contributed by atoms with E-state index in [0.29, 0.717) is 66.1 Å². The second-order valence-electron chi connectivity index (χ2n) is 18.4. The maximum atomic E-state index is 10.1. The van der Waals surface area contributed by atoms with Gasteiger partial charge < -0.3 is 63.4 Å². The molecule has 0 bridgehead atoms. The standard InChI is InChI=1S/C51H102O13/c1-3-5-7-9-11-13-15-17-19-21-23-25-27-29-32-59-42-51(44-61-34-31-52,43-60-33-30-28-26-24-22-20-18-16-14-12-10-8-6-4-2)45-62-38-37-57-35-36-58-39-40-63-50-49(56)48(55)47(54)46(41-53)64-50/h46-50,52-56H,3-45H2,1-2H3/t46-,47-,48+,49+,50+/m1/s1. The van der Waals surface area contributed by atoms with Crippen LogP contribution >= 0.6 is 0 Å². The Morgan fingerprint density at radius 2 is 0.688 bits per heavy atom. The molecule has 0 saturated carbocycles. The van der Waals surface area contributed by atoms with Gasteiger partial charge in [0.1, 0.15) is 24.4 Å². The van der Waals surface area contributed by atoms with E-state index in [-0.39, 0.29) is 26.4 Å². The van der Waals surface area contributed by atoms with Crippen LogP contribution in [0, 0.1) is 5.41 Å². The highest BCUT2D eigenvalue weighted by Gasteiger charge is 2.44. The van der Waals surface area contributed by atoms with E-state index in [2.05, 4.69) is 13.8 Å². The van der Waals surface area contributed by atoms with Crippen molar-refractivity contribution in [2.75, 3.05) is 99.1 Å². The molecule has 0 aliphatic carbocycles. The van der Waals surface area contributed by atoms with Crippen molar-refractivity contribution in [3.8, 4) is 0 Å². The van der Waals surface area contributed by atoms with Crippen LogP contribution in [0.3, 0.4) is 0 Å². The number of aliphatic hydroxyl groups excluding tert-OH is 5. The van der Waals surface area contributed by atoms with Gasteiger partial charge in [-0.1, -0.05) is 181 Å². The van der Waals surface area contributed by atoms with Crippen LogP contribution in [0.15, 0.2) is 0 Å². The van der Waals surface area contributed by atoms with Crippen LogP contribution in [0.4, 0.5) is 0 Å². The zero-order valence-corrected chi connectivity index (χ0v) is 41.3. The molecule has 1 aliphatic rings. The van der Waals surface area contributed by atoms with E-state index in [0.717, 1.165) is 12.8 Å². The number of unbranched alkanes of at least 4 members (excludes halogenated alkanes) is 26. The van der Waals surface area contributed by atoms with Gasteiger partial charge in [-0.15, -0.1) is 0 Å². The topological polar surface area (TPSA) is 175 Å². The van der Waals surface area contributed by atoms with Gasteiger partial charge in [0.05, 0.1) is 91.3 Å². The molecule has 0 aromatic rings. The van der Waals surface area contributed by atoms with Crippen molar-refractivity contribution < 1.29 is 63.4 Å². The lowest BCUT2D eigenvalue weighted by Gasteiger charge is -2.39. The summed E-state index contributed by atoms with van der Waals surface area (Å²) in [7, 11) is 0. The Hall–Kier alpha value is -0.520. The lowest BCUT2D eigenvalue weighted by Crippen LogP contribution is -2.59. The first kappa shape index (κ1) is 61.5. The van der Waals surface area contributed by atoms with E-state index >= 15 is 0 Å². The van der Waals surface area contributed by atoms with E-state index in [1.165, 1.54) is 167 Å². The van der Waals surface area contributed by atoms with Crippen LogP contribution < -0.4 is 0 Å². The van der Waals surface area contributed by atoms with Crippen molar-refractivity contribution in [3.05, 3.63) is 0 Å². The first-order valence-corrected chi connectivity index (χ1v) is 26.4. The molecule has 5 N–H and O–H groups in total. The van der Waals surface area contributed by atoms with Crippen molar-refractivity contribution in [1.82, 2.24) is 0 Å². The number of ether oxygens (including phenoxy) is 8. The van der Waals surface area contributed by atoms with Crippen molar-refractivity contribution in [2.24, 2.45) is 5.41 Å². The summed E-state index contributed by atoms with van der Waals surface area (Å²) < 4.78 is 46.8. The zero-order valence-electron chi connectivity index (χ0n) is 41.3. The molecule has 0 unspecified atom stereocenters. The van der Waals surface area contributed by atoms with Gasteiger partial charge in [0.15, 0.2) is 6.29 Å². The van der Waals surface area contributed by atoms with E-state index < -0.39 is 42.7 Å². The molecule has 1 fully saturated rings. The lowest BCUT2D eigenvalue weighted by atomic mass is 9.92. The van der Waals surface area contributed by atoms with E-state index in [1.807, 2.05) is 0 Å². The molecule has 0 spiro atoms. The minimum atomic E-state index is -1.48. The van der Waals surface area contributed by atoms with Crippen LogP contribution in [0.5, 0.6) is 0 Å². The Kier molecular flexibility index (Phi) is 44.4. The summed E-state index contributed by atoms with van der Waals surface area (Å²) in [6.45, 7) is 8.96. The van der Waals surface area contributed by atoms with Gasteiger partial charge in [0.2, 0.25) is 0 Å². The summed E-state index contributed by atoms with van der Waals surface area (Å²) in [5, 5.41) is 48.8. The largest absolute Gasteiger partial charge is 0.394 e. The van der Waals surface area contributed by atoms with Gasteiger partial charge in [-0.25, -0.2) is 0 Å². The normalized spacial score (nSPS) is 19.3. The number of hydrogen-bond acceptors (Lipinski definition) is 13. The predicted octanol–water partition coefficient (Wildman–Crippen LogP) is 8.84. The van der Waals surface area contributed by atoms with E-state index in [4.69, 9.17) is 37.9 Å². The van der Waals surface area contributed by atoms with Gasteiger partial charge >= 0.3 is 0 Å². The van der Waals surface area contributed by atoms with Crippen molar-refractivity contribution in [2.45, 2.75) is 224 Å². The molecule has 1 aliphatic heterocycles. The van der Waals surface area contributed by atoms with Crippen molar-refractivity contribution in [1.29, 1.82) is 0 Å². The highest BCUT2D eigenvalue weighted by Crippen LogP contribution is 2.23. The van der Waals surface area contributed by atoms with Crippen molar-refractivity contribution >= 4 is 0 Å². The fourth-order valence-electron chi connectivity index (χ4n) is 8.13. The third-order valence-electron chi connectivity index (χ3n) is 12.3. The summed E-state index contributed by atoms with van der Waals surface area (Å²) in [5.41, 5.74) is -0.509. The summed E-state index contributed by atoms with van der Waals surface area (Å²) in [6.07, 6.45) is 30.4. The minimum Gasteiger partial charge on any atom is -0.394 e. The summed E-state index contributed by atoms with van der Waals surface area (Å²) in [5.74, 6) is 0. The van der Waals surface area contributed by atoms with Gasteiger partial charge in [-0.2, -0.15) is 0 Å². The second-order valence-corrected chi connectivity index (χ2v) is 18.4. The van der Waals surface area contributed by atoms with Crippen LogP contribution in [0.1, 0.15) is 194 Å². The first-order chi connectivity index (χ1) is 31.4. The molecule has 0 aromatic heterocycles. The minimum absolute atomic E-state index is 0.0491. The Bertz CT molecular complexity index is 895. The molecule has 13 heteroatoms. The lowest BCUT2D eigenvalue weighted by molar-refractivity contribution is -0.302. The highest BCUT2D eigenvalue weighted by molar-refractivity contribution is 4.88. The predicted molar refractivity (Wildman–Crippen MR) is 255 cm³/mol. The molecule has 0 aromatic carbocycles. The van der Waals surface area contributed by atoms with Gasteiger partial charge in [0, 0.05) is 13.2 Å². The summed E-state index contributed by atoms with van der Waals surface area (Å²) >= 11 is 0. The van der Waals surface area contributed by atoms with Crippen LogP contribution in [-0.4, -0.2) is 155 Å². The maximum Gasteiger partial charge on any atom is 0.186 e. The molecule has 1 heterocycles. The molecule has 64 heavy (non-hydrogen) atoms. The SMILES string of the molecule is CCCCCCCCCCCCCCCCOCC(COCCO)(COCCCCCCCCCCCCCCCC)COCCOCCOCCO[C@H]1O[C@H](CO)[C@@H](O)[C@H](O)[C@@H]1O. The third kappa shape index (κ3) is 34.7. The number of hydrogen-bond donors (Lipinski definition) is 5. The summed E-state index contributed by atoms with van der Waals surface area (Å²) in [6, 6.07) is 0. The molecule has 0 radical (unpaired) electrons. The summed E-state index contributed by atoms with van der Waals surface area (Å²) in [4.78, 5) is 0. The average Bonchev–Trinajstić information content (AvgIpc) is 3.30. The molecule has 0 amide bonds. The Morgan fingerprint density at radius 3 is 1.06 bits per heavy atom. The fraction of sp³-hybridized carbons (Fsp3) is 1.00. The van der Waals surface area contributed by atoms with Crippen LogP contribution in [0.25, 0.3) is 0 Å². The van der Waals surface area contributed by atoms with E-state index in [1.54, 1.807) is 0 Å². The average molecular weight is 923 g/mol. The molecule has 384 valence electrons. The van der Waals surface area contributed by atoms with Crippen molar-refractivity contribution in [3.63, 3.8) is 0 Å². The number of aliphatic hydroxyl groups is 5. The molecule has 5 atom stereocenters. The Labute approximate surface area is 391 Å². The van der Waals surface area contributed by atoms with Gasteiger partial charge in [-0.05, 0) is 12.8 Å². The molecule has 1 rings (SSSR count). The van der Waals surface area contributed by atoms with Crippen LogP contribution in [-0.2, 0) is 37.9 Å². The second kappa shape index (κ2) is 46.2. The number of rotatable bonds is 51. The molecular weight excluding hydrogens is 821 g/mol. The third-order valence-corrected chi connectivity index (χ3v) is 12.3. The fourth-order valence-corrected chi connectivity index (χ4v) is 8.13. The van der Waals surface area contributed by atoms with Gasteiger partial charge in [-0.3, -0.25) is 0 Å². The zero-order chi connectivity index (χ0) is 46.4. The van der Waals surface area contributed by atoms with E-state index in [9.17, 15) is 25.5 Å².